The summed E-state index contributed by atoms with van der Waals surface area (Å²) in [6.07, 6.45) is 4.89. The van der Waals surface area contributed by atoms with Crippen molar-refractivity contribution in [3.8, 4) is 11.1 Å². The SMILES string of the molecule is CCc1ccc2c(c1)[CH]([Zr+2]([C]1=CC(C(C)C)=C(C(C)C)C1C(C)C)=[C](c1ccccc1)c1ccccc1)c1cc(CC)ccc1-2.[Cl-].[Cl-]. The standard InChI is InChI=1S/C17H17.C14H23.C13H10.2ClH.Zr/c1-3-12-5-7-16-14(9-12)11-15-10-13(4-2)6-8-17(15)16;1-9(2)12-7-8-13(10(3)4)14(12)11(5)6;1-3-7-12(8-4-1)11-13-9-5-2-6-10-13;;;/h5-11H,3-4H2,1-2H3;7,9-11,13H,1-6H3;1-10H;2*1H;/q;;;;;+2/p-2. The number of halogens is 2. The summed E-state index contributed by atoms with van der Waals surface area (Å²) in [6.45, 7) is 19.3. The fourth-order valence-corrected chi connectivity index (χ4v) is 18.2. The fourth-order valence-electron chi connectivity index (χ4n) is 8.10. The molecule has 47 heavy (non-hydrogen) atoms. The van der Waals surface area contributed by atoms with Crippen LogP contribution in [0.3, 0.4) is 0 Å². The number of aryl methyl sites for hydroxylation is 2. The van der Waals surface area contributed by atoms with Crippen molar-refractivity contribution in [1.29, 1.82) is 0 Å². The minimum atomic E-state index is -2.88. The molecule has 4 aromatic rings. The van der Waals surface area contributed by atoms with Crippen LogP contribution in [-0.2, 0) is 34.1 Å². The molecule has 0 saturated heterocycles. The summed E-state index contributed by atoms with van der Waals surface area (Å²) < 4.78 is 3.88. The molecule has 0 amide bonds. The van der Waals surface area contributed by atoms with Gasteiger partial charge in [0.25, 0.3) is 0 Å². The Morgan fingerprint density at radius 2 is 1.09 bits per heavy atom. The first-order valence-electron chi connectivity index (χ1n) is 17.3. The van der Waals surface area contributed by atoms with Gasteiger partial charge in [-0.15, -0.1) is 0 Å². The molecule has 0 aliphatic heterocycles. The smallest absolute Gasteiger partial charge is 1.00 e. The zero-order chi connectivity index (χ0) is 31.8. The van der Waals surface area contributed by atoms with E-state index in [4.69, 9.17) is 0 Å². The van der Waals surface area contributed by atoms with Crippen LogP contribution in [0.1, 0.15) is 92.4 Å². The zero-order valence-corrected chi connectivity index (χ0v) is 33.3. The predicted octanol–water partition coefficient (Wildman–Crippen LogP) is 5.55. The summed E-state index contributed by atoms with van der Waals surface area (Å²) >= 11 is -2.88. The van der Waals surface area contributed by atoms with Crippen molar-refractivity contribution in [3.63, 3.8) is 0 Å². The van der Waals surface area contributed by atoms with E-state index in [9.17, 15) is 0 Å². The molecule has 2 aliphatic carbocycles. The van der Waals surface area contributed by atoms with Gasteiger partial charge in [0.2, 0.25) is 0 Å². The third-order valence-electron chi connectivity index (χ3n) is 10.2. The van der Waals surface area contributed by atoms with E-state index in [0.29, 0.717) is 27.3 Å². The van der Waals surface area contributed by atoms with Crippen LogP contribution >= 0.6 is 0 Å². The summed E-state index contributed by atoms with van der Waals surface area (Å²) in [5, 5.41) is 0. The normalized spacial score (nSPS) is 15.2. The number of rotatable bonds is 9. The van der Waals surface area contributed by atoms with E-state index in [0.717, 1.165) is 12.8 Å². The van der Waals surface area contributed by atoms with Gasteiger partial charge in [0, 0.05) is 0 Å². The summed E-state index contributed by atoms with van der Waals surface area (Å²) in [5.74, 6) is 2.10. The Balaban J connectivity index is 0.00000250. The molecule has 1 atom stereocenters. The average molecular weight is 741 g/mol. The monoisotopic (exact) mass is 738 g/mol. The Morgan fingerprint density at radius 3 is 1.47 bits per heavy atom. The summed E-state index contributed by atoms with van der Waals surface area (Å²) in [6, 6.07) is 37.8. The Bertz CT molecular complexity index is 1700. The van der Waals surface area contributed by atoms with Crippen molar-refractivity contribution in [2.45, 2.75) is 71.9 Å². The Morgan fingerprint density at radius 1 is 0.617 bits per heavy atom. The predicted molar refractivity (Wildman–Crippen MR) is 192 cm³/mol. The second-order valence-electron chi connectivity index (χ2n) is 14.0. The van der Waals surface area contributed by atoms with Gasteiger partial charge in [0.05, 0.1) is 0 Å². The molecule has 3 heteroatoms. The number of fused-ring (bicyclic) bond motifs is 3. The second-order valence-corrected chi connectivity index (χ2v) is 20.1. The van der Waals surface area contributed by atoms with Crippen LogP contribution in [-0.4, -0.2) is 3.21 Å². The van der Waals surface area contributed by atoms with Gasteiger partial charge in [0.15, 0.2) is 0 Å². The number of hydrogen-bond acceptors (Lipinski definition) is 0. The molecule has 0 aromatic heterocycles. The van der Waals surface area contributed by atoms with Gasteiger partial charge in [-0.05, 0) is 0 Å². The molecule has 4 aromatic carbocycles. The largest absolute Gasteiger partial charge is 1.00 e. The molecule has 1 unspecified atom stereocenters. The van der Waals surface area contributed by atoms with E-state index in [1.807, 2.05) is 0 Å². The van der Waals surface area contributed by atoms with Crippen LogP contribution in [0.2, 0.25) is 0 Å². The first-order valence-corrected chi connectivity index (χ1v) is 21.2. The van der Waals surface area contributed by atoms with E-state index in [1.165, 1.54) is 33.4 Å². The van der Waals surface area contributed by atoms with Crippen LogP contribution in [0.25, 0.3) is 11.1 Å². The minimum absolute atomic E-state index is 0. The molecule has 244 valence electrons. The number of benzene rings is 4. The van der Waals surface area contributed by atoms with Crippen molar-refractivity contribution in [3.05, 3.63) is 151 Å². The first-order chi connectivity index (χ1) is 21.7. The molecule has 0 bridgehead atoms. The maximum atomic E-state index is 2.76. The van der Waals surface area contributed by atoms with Gasteiger partial charge in [-0.3, -0.25) is 0 Å². The van der Waals surface area contributed by atoms with Gasteiger partial charge in [-0.2, -0.15) is 0 Å². The Hall–Kier alpha value is -2.31. The van der Waals surface area contributed by atoms with Crippen LogP contribution in [0, 0.1) is 23.7 Å². The van der Waals surface area contributed by atoms with Crippen LogP contribution in [0.15, 0.2) is 118 Å². The molecule has 0 nitrogen and oxygen atoms in total. The molecule has 0 N–H and O–H groups in total. The van der Waals surface area contributed by atoms with Crippen LogP contribution in [0.4, 0.5) is 0 Å². The van der Waals surface area contributed by atoms with Gasteiger partial charge < -0.3 is 24.8 Å². The Labute approximate surface area is 304 Å². The van der Waals surface area contributed by atoms with Crippen molar-refractivity contribution in [2.24, 2.45) is 23.7 Å². The van der Waals surface area contributed by atoms with Crippen molar-refractivity contribution in [2.75, 3.05) is 0 Å². The first kappa shape index (κ1) is 37.5. The summed E-state index contributed by atoms with van der Waals surface area (Å²) in [4.78, 5) is 0. The molecule has 0 fully saturated rings. The third kappa shape index (κ3) is 7.06. The molecule has 0 heterocycles. The molecule has 6 rings (SSSR count). The minimum Gasteiger partial charge on any atom is -1.00 e. The molecule has 2 aliphatic rings. The van der Waals surface area contributed by atoms with E-state index < -0.39 is 21.3 Å². The van der Waals surface area contributed by atoms with Crippen molar-refractivity contribution >= 4 is 3.21 Å². The van der Waals surface area contributed by atoms with E-state index in [-0.39, 0.29) is 24.8 Å². The second kappa shape index (κ2) is 15.9. The van der Waals surface area contributed by atoms with E-state index in [1.54, 1.807) is 28.8 Å². The quantitative estimate of drug-likeness (QED) is 0.211. The van der Waals surface area contributed by atoms with Crippen LogP contribution < -0.4 is 24.8 Å². The van der Waals surface area contributed by atoms with E-state index >= 15 is 0 Å². The van der Waals surface area contributed by atoms with Crippen molar-refractivity contribution in [1.82, 2.24) is 0 Å². The zero-order valence-electron chi connectivity index (χ0n) is 29.4. The molecule has 0 spiro atoms. The Kier molecular flexibility index (Phi) is 12.7. The summed E-state index contributed by atoms with van der Waals surface area (Å²) in [7, 11) is 0. The topological polar surface area (TPSA) is 0 Å². The number of hydrogen-bond donors (Lipinski definition) is 0. The van der Waals surface area contributed by atoms with Crippen LogP contribution in [0.5, 0.6) is 0 Å². The van der Waals surface area contributed by atoms with Crippen molar-refractivity contribution < 1.29 is 46.1 Å². The van der Waals surface area contributed by atoms with Gasteiger partial charge in [-0.1, -0.05) is 0 Å². The van der Waals surface area contributed by atoms with Gasteiger partial charge >= 0.3 is 282 Å². The van der Waals surface area contributed by atoms with Gasteiger partial charge in [0.1, 0.15) is 0 Å². The molecule has 0 saturated carbocycles. The average Bonchev–Trinajstić information content (AvgIpc) is 3.61. The summed E-state index contributed by atoms with van der Waals surface area (Å²) in [5.41, 5.74) is 15.2. The molecular weight excluding hydrogens is 691 g/mol. The maximum absolute atomic E-state index is 2.88. The maximum Gasteiger partial charge on any atom is -1.00 e. The molecular formula is C44H50Cl2Zr. The number of allylic oxidation sites excluding steroid dienone is 4. The molecule has 0 radical (unpaired) electrons. The van der Waals surface area contributed by atoms with Gasteiger partial charge in [-0.25, -0.2) is 0 Å². The fraction of sp³-hybridized carbons (Fsp3) is 0.341. The van der Waals surface area contributed by atoms with E-state index in [2.05, 4.69) is 159 Å². The third-order valence-corrected chi connectivity index (χ3v) is 18.5.